The van der Waals surface area contributed by atoms with Crippen molar-refractivity contribution in [1.29, 1.82) is 0 Å². The van der Waals surface area contributed by atoms with Gasteiger partial charge in [0.05, 0.1) is 5.56 Å². The molecule has 0 unspecified atom stereocenters. The van der Waals surface area contributed by atoms with E-state index >= 15 is 0 Å². The lowest BCUT2D eigenvalue weighted by molar-refractivity contribution is -0.134. The normalized spacial score (nSPS) is 18.7. The highest BCUT2D eigenvalue weighted by molar-refractivity contribution is 6.02. The first-order valence-electron chi connectivity index (χ1n) is 7.88. The van der Waals surface area contributed by atoms with Gasteiger partial charge in [-0.2, -0.15) is 0 Å². The standard InChI is InChI=1S/C19H18N2O4/c1-12(22)20-14-7-9-15(10-8-14)21-18(24)19(2)11-13-5-3-4-6-16(13)17(23)25-19/h3-10H,11H2,1-2H3,(H,20,22)(H,21,24)/t19-/m0/s1. The second-order valence-corrected chi connectivity index (χ2v) is 6.17. The third-order valence-corrected chi connectivity index (χ3v) is 4.03. The van der Waals surface area contributed by atoms with E-state index in [0.717, 1.165) is 5.56 Å². The van der Waals surface area contributed by atoms with Crippen LogP contribution in [0, 0.1) is 0 Å². The Morgan fingerprint density at radius 3 is 2.24 bits per heavy atom. The SMILES string of the molecule is CC(=O)Nc1ccc(NC(=O)[C@]2(C)Cc3ccccc3C(=O)O2)cc1. The summed E-state index contributed by atoms with van der Waals surface area (Å²) in [5.41, 5.74) is 1.19. The molecule has 0 saturated heterocycles. The van der Waals surface area contributed by atoms with Crippen LogP contribution in [-0.2, 0) is 20.7 Å². The van der Waals surface area contributed by atoms with Gasteiger partial charge in [-0.3, -0.25) is 9.59 Å². The zero-order valence-corrected chi connectivity index (χ0v) is 14.0. The summed E-state index contributed by atoms with van der Waals surface area (Å²) in [5.74, 6) is -1.07. The van der Waals surface area contributed by atoms with Crippen LogP contribution < -0.4 is 10.6 Å². The van der Waals surface area contributed by atoms with Crippen LogP contribution in [0.2, 0.25) is 0 Å². The first kappa shape index (κ1) is 16.7. The van der Waals surface area contributed by atoms with Crippen LogP contribution >= 0.6 is 0 Å². The average molecular weight is 338 g/mol. The lowest BCUT2D eigenvalue weighted by Crippen LogP contribution is -2.48. The van der Waals surface area contributed by atoms with Crippen molar-refractivity contribution in [2.45, 2.75) is 25.9 Å². The number of ether oxygens (including phenoxy) is 1. The van der Waals surface area contributed by atoms with E-state index in [-0.39, 0.29) is 5.91 Å². The monoisotopic (exact) mass is 338 g/mol. The molecule has 1 aliphatic heterocycles. The van der Waals surface area contributed by atoms with Crippen molar-refractivity contribution in [3.05, 3.63) is 59.7 Å². The van der Waals surface area contributed by atoms with Gasteiger partial charge in [-0.15, -0.1) is 0 Å². The summed E-state index contributed by atoms with van der Waals surface area (Å²) in [6.45, 7) is 3.02. The maximum Gasteiger partial charge on any atom is 0.339 e. The first-order valence-corrected chi connectivity index (χ1v) is 7.88. The molecule has 0 bridgehead atoms. The van der Waals surface area contributed by atoms with Crippen molar-refractivity contribution >= 4 is 29.2 Å². The Bertz CT molecular complexity index is 845. The molecule has 128 valence electrons. The van der Waals surface area contributed by atoms with Crippen LogP contribution in [-0.4, -0.2) is 23.4 Å². The van der Waals surface area contributed by atoms with E-state index in [4.69, 9.17) is 4.74 Å². The number of amides is 2. The van der Waals surface area contributed by atoms with Crippen LogP contribution in [0.25, 0.3) is 0 Å². The molecule has 0 saturated carbocycles. The van der Waals surface area contributed by atoms with Crippen molar-refractivity contribution in [3.8, 4) is 0 Å². The van der Waals surface area contributed by atoms with Gasteiger partial charge >= 0.3 is 5.97 Å². The summed E-state index contributed by atoms with van der Waals surface area (Å²) in [4.78, 5) is 35.8. The molecule has 0 radical (unpaired) electrons. The Hall–Kier alpha value is -3.15. The summed E-state index contributed by atoms with van der Waals surface area (Å²) >= 11 is 0. The number of hydrogen-bond acceptors (Lipinski definition) is 4. The van der Waals surface area contributed by atoms with Crippen molar-refractivity contribution < 1.29 is 19.1 Å². The maximum absolute atomic E-state index is 12.6. The highest BCUT2D eigenvalue weighted by Gasteiger charge is 2.42. The second-order valence-electron chi connectivity index (χ2n) is 6.17. The fraction of sp³-hybridized carbons (Fsp3) is 0.211. The molecule has 1 atom stereocenters. The molecule has 0 fully saturated rings. The molecule has 3 rings (SSSR count). The van der Waals surface area contributed by atoms with E-state index < -0.39 is 17.5 Å². The predicted molar refractivity (Wildman–Crippen MR) is 93.3 cm³/mol. The fourth-order valence-corrected chi connectivity index (χ4v) is 2.76. The molecule has 1 aliphatic rings. The molecule has 25 heavy (non-hydrogen) atoms. The summed E-state index contributed by atoms with van der Waals surface area (Å²) in [7, 11) is 0. The van der Waals surface area contributed by atoms with Crippen molar-refractivity contribution in [2.24, 2.45) is 0 Å². The quantitative estimate of drug-likeness (QED) is 0.843. The number of carbonyl (C=O) groups is 3. The largest absolute Gasteiger partial charge is 0.445 e. The number of fused-ring (bicyclic) bond motifs is 1. The van der Waals surface area contributed by atoms with E-state index in [1.807, 2.05) is 12.1 Å². The molecule has 0 aliphatic carbocycles. The third-order valence-electron chi connectivity index (χ3n) is 4.03. The van der Waals surface area contributed by atoms with Gasteiger partial charge in [-0.1, -0.05) is 18.2 Å². The predicted octanol–water partition coefficient (Wildman–Crippen LogP) is 2.76. The number of carbonyl (C=O) groups excluding carboxylic acids is 3. The number of cyclic esters (lactones) is 1. The topological polar surface area (TPSA) is 84.5 Å². The molecule has 2 N–H and O–H groups in total. The van der Waals surface area contributed by atoms with Gasteiger partial charge in [0.2, 0.25) is 5.91 Å². The minimum absolute atomic E-state index is 0.169. The molecule has 2 amide bonds. The molecule has 2 aromatic carbocycles. The zero-order valence-electron chi connectivity index (χ0n) is 14.0. The highest BCUT2D eigenvalue weighted by atomic mass is 16.6. The summed E-state index contributed by atoms with van der Waals surface area (Å²) in [6.07, 6.45) is 0.310. The zero-order chi connectivity index (χ0) is 18.0. The first-order chi connectivity index (χ1) is 11.9. The van der Waals surface area contributed by atoms with Crippen LogP contribution in [0.15, 0.2) is 48.5 Å². The number of hydrogen-bond donors (Lipinski definition) is 2. The van der Waals surface area contributed by atoms with E-state index in [1.165, 1.54) is 6.92 Å². The molecule has 6 nitrogen and oxygen atoms in total. The third kappa shape index (κ3) is 3.52. The molecule has 0 spiro atoms. The molecular formula is C19H18N2O4. The second kappa shape index (κ2) is 6.39. The maximum atomic E-state index is 12.6. The van der Waals surface area contributed by atoms with E-state index in [1.54, 1.807) is 43.3 Å². The number of anilines is 2. The Morgan fingerprint density at radius 2 is 1.60 bits per heavy atom. The lowest BCUT2D eigenvalue weighted by Gasteiger charge is -2.33. The van der Waals surface area contributed by atoms with Gasteiger partial charge in [0, 0.05) is 24.7 Å². The van der Waals surface area contributed by atoms with E-state index in [2.05, 4.69) is 10.6 Å². The molecule has 1 heterocycles. The van der Waals surface area contributed by atoms with Gasteiger partial charge < -0.3 is 15.4 Å². The summed E-state index contributed by atoms with van der Waals surface area (Å²) in [5, 5.41) is 5.41. The van der Waals surface area contributed by atoms with Crippen molar-refractivity contribution in [2.75, 3.05) is 10.6 Å². The van der Waals surface area contributed by atoms with Crippen molar-refractivity contribution in [1.82, 2.24) is 0 Å². The number of nitrogens with one attached hydrogen (secondary N) is 2. The number of esters is 1. The summed E-state index contributed by atoms with van der Waals surface area (Å²) in [6, 6.07) is 13.8. The van der Waals surface area contributed by atoms with Crippen LogP contribution in [0.3, 0.4) is 0 Å². The van der Waals surface area contributed by atoms with Gasteiger partial charge in [-0.25, -0.2) is 4.79 Å². The van der Waals surface area contributed by atoms with E-state index in [9.17, 15) is 14.4 Å². The van der Waals surface area contributed by atoms with Crippen LogP contribution in [0.1, 0.15) is 29.8 Å². The van der Waals surface area contributed by atoms with Crippen LogP contribution in [0.4, 0.5) is 11.4 Å². The number of benzene rings is 2. The smallest absolute Gasteiger partial charge is 0.339 e. The minimum Gasteiger partial charge on any atom is -0.445 e. The molecule has 6 heteroatoms. The average Bonchev–Trinajstić information content (AvgIpc) is 2.56. The fourth-order valence-electron chi connectivity index (χ4n) is 2.76. The lowest BCUT2D eigenvalue weighted by atomic mass is 9.89. The Labute approximate surface area is 145 Å². The summed E-state index contributed by atoms with van der Waals surface area (Å²) < 4.78 is 5.40. The van der Waals surface area contributed by atoms with Gasteiger partial charge in [0.25, 0.3) is 5.91 Å². The van der Waals surface area contributed by atoms with E-state index in [0.29, 0.717) is 23.4 Å². The molecule has 2 aromatic rings. The van der Waals surface area contributed by atoms with Crippen LogP contribution in [0.5, 0.6) is 0 Å². The minimum atomic E-state index is -1.28. The Morgan fingerprint density at radius 1 is 1.00 bits per heavy atom. The van der Waals surface area contributed by atoms with Crippen molar-refractivity contribution in [3.63, 3.8) is 0 Å². The highest BCUT2D eigenvalue weighted by Crippen LogP contribution is 2.29. The number of rotatable bonds is 3. The Kier molecular flexibility index (Phi) is 4.27. The molecular weight excluding hydrogens is 320 g/mol. The van der Waals surface area contributed by atoms with Gasteiger partial charge in [0.1, 0.15) is 0 Å². The Balaban J connectivity index is 1.75. The molecule has 0 aromatic heterocycles. The van der Waals surface area contributed by atoms with Gasteiger partial charge in [-0.05, 0) is 42.8 Å². The van der Waals surface area contributed by atoms with Gasteiger partial charge in [0.15, 0.2) is 5.60 Å².